The van der Waals surface area contributed by atoms with E-state index in [-0.39, 0.29) is 0 Å². The summed E-state index contributed by atoms with van der Waals surface area (Å²) in [6.45, 7) is 2.16. The predicted octanol–water partition coefficient (Wildman–Crippen LogP) is 4.35. The average Bonchev–Trinajstić information content (AvgIpc) is 2.99. The van der Waals surface area contributed by atoms with Crippen LogP contribution < -0.4 is 0 Å². The van der Waals surface area contributed by atoms with E-state index >= 15 is 0 Å². The number of aryl methyl sites for hydroxylation is 1. The second-order valence-electron chi connectivity index (χ2n) is 5.60. The van der Waals surface area contributed by atoms with Crippen molar-refractivity contribution in [2.45, 2.75) is 25.8 Å². The molecule has 0 unspecified atom stereocenters. The molecule has 3 heteroatoms. The van der Waals surface area contributed by atoms with Crippen LogP contribution in [0.2, 0.25) is 0 Å². The number of rotatable bonds is 1. The van der Waals surface area contributed by atoms with Crippen LogP contribution in [0.25, 0.3) is 11.0 Å². The molecule has 2 aromatic carbocycles. The SMILES string of the molecule is Cc1cccc2[nH]c(=S)n(C3Cc4ccccc4C3)c12. The third-order valence-corrected chi connectivity index (χ3v) is 4.63. The molecular formula is C17H16N2S. The molecule has 0 fully saturated rings. The molecular weight excluding hydrogens is 264 g/mol. The zero-order valence-corrected chi connectivity index (χ0v) is 12.2. The second-order valence-corrected chi connectivity index (χ2v) is 5.99. The highest BCUT2D eigenvalue weighted by Crippen LogP contribution is 2.33. The van der Waals surface area contributed by atoms with Crippen LogP contribution >= 0.6 is 12.2 Å². The molecule has 1 aliphatic rings. The van der Waals surface area contributed by atoms with Gasteiger partial charge in [0.25, 0.3) is 0 Å². The number of nitrogens with zero attached hydrogens (tertiary/aromatic N) is 1. The van der Waals surface area contributed by atoms with Gasteiger partial charge in [-0.05, 0) is 54.7 Å². The Morgan fingerprint density at radius 1 is 1.05 bits per heavy atom. The third kappa shape index (κ3) is 1.66. The van der Waals surface area contributed by atoms with E-state index in [2.05, 4.69) is 58.9 Å². The lowest BCUT2D eigenvalue weighted by atomic mass is 10.1. The van der Waals surface area contributed by atoms with Crippen LogP contribution in [-0.2, 0) is 12.8 Å². The standard InChI is InChI=1S/C17H16N2S/c1-11-5-4-8-15-16(11)19(17(20)18-15)14-9-12-6-2-3-7-13(12)10-14/h2-8,14H,9-10H2,1H3,(H,18,20). The molecule has 1 heterocycles. The summed E-state index contributed by atoms with van der Waals surface area (Å²) in [5.74, 6) is 0. The maximum Gasteiger partial charge on any atom is 0.178 e. The van der Waals surface area contributed by atoms with Gasteiger partial charge in [0, 0.05) is 6.04 Å². The van der Waals surface area contributed by atoms with Gasteiger partial charge in [-0.15, -0.1) is 0 Å². The number of H-pyrrole nitrogens is 1. The summed E-state index contributed by atoms with van der Waals surface area (Å²) < 4.78 is 3.16. The summed E-state index contributed by atoms with van der Waals surface area (Å²) in [6, 6.07) is 15.5. The highest BCUT2D eigenvalue weighted by Gasteiger charge is 2.24. The van der Waals surface area contributed by atoms with E-state index in [1.807, 2.05) is 0 Å². The monoisotopic (exact) mass is 280 g/mol. The number of imidazole rings is 1. The average molecular weight is 280 g/mol. The van der Waals surface area contributed by atoms with E-state index in [0.29, 0.717) is 6.04 Å². The highest BCUT2D eigenvalue weighted by atomic mass is 32.1. The molecule has 100 valence electrons. The molecule has 3 aromatic rings. The molecule has 0 bridgehead atoms. The minimum Gasteiger partial charge on any atom is -0.331 e. The summed E-state index contributed by atoms with van der Waals surface area (Å²) >= 11 is 5.57. The molecule has 0 spiro atoms. The third-order valence-electron chi connectivity index (χ3n) is 4.33. The number of aromatic nitrogens is 2. The van der Waals surface area contributed by atoms with Crippen LogP contribution in [0.3, 0.4) is 0 Å². The molecule has 20 heavy (non-hydrogen) atoms. The minimum absolute atomic E-state index is 0.440. The Kier molecular flexibility index (Phi) is 2.57. The van der Waals surface area contributed by atoms with E-state index in [0.717, 1.165) is 23.1 Å². The maximum absolute atomic E-state index is 5.57. The Morgan fingerprint density at radius 3 is 2.45 bits per heavy atom. The Morgan fingerprint density at radius 2 is 1.75 bits per heavy atom. The molecule has 2 nitrogen and oxygen atoms in total. The maximum atomic E-state index is 5.57. The first kappa shape index (κ1) is 11.9. The van der Waals surface area contributed by atoms with Crippen molar-refractivity contribution in [3.63, 3.8) is 0 Å². The first-order chi connectivity index (χ1) is 9.74. The van der Waals surface area contributed by atoms with E-state index in [1.54, 1.807) is 0 Å². The Labute approximate surface area is 123 Å². The summed E-state index contributed by atoms with van der Waals surface area (Å²) in [5, 5.41) is 0. The van der Waals surface area contributed by atoms with Crippen molar-refractivity contribution in [1.82, 2.24) is 9.55 Å². The Balaban J connectivity index is 1.89. The van der Waals surface area contributed by atoms with Crippen LogP contribution in [0.5, 0.6) is 0 Å². The predicted molar refractivity (Wildman–Crippen MR) is 84.7 cm³/mol. The molecule has 1 aromatic heterocycles. The van der Waals surface area contributed by atoms with Crippen LogP contribution in [0, 0.1) is 11.7 Å². The van der Waals surface area contributed by atoms with E-state index < -0.39 is 0 Å². The number of para-hydroxylation sites is 1. The molecule has 0 saturated carbocycles. The zero-order valence-electron chi connectivity index (χ0n) is 11.4. The van der Waals surface area contributed by atoms with Crippen molar-refractivity contribution in [2.75, 3.05) is 0 Å². The minimum atomic E-state index is 0.440. The molecule has 1 aliphatic carbocycles. The molecule has 0 radical (unpaired) electrons. The summed E-state index contributed by atoms with van der Waals surface area (Å²) in [4.78, 5) is 3.35. The van der Waals surface area contributed by atoms with E-state index in [4.69, 9.17) is 12.2 Å². The van der Waals surface area contributed by atoms with E-state index in [9.17, 15) is 0 Å². The number of benzene rings is 2. The van der Waals surface area contributed by atoms with Crippen molar-refractivity contribution < 1.29 is 0 Å². The number of hydrogen-bond donors (Lipinski definition) is 1. The Hall–Kier alpha value is -1.87. The summed E-state index contributed by atoms with van der Waals surface area (Å²) in [7, 11) is 0. The van der Waals surface area contributed by atoms with Gasteiger partial charge in [0.1, 0.15) is 0 Å². The van der Waals surface area contributed by atoms with Gasteiger partial charge in [0.2, 0.25) is 0 Å². The quantitative estimate of drug-likeness (QED) is 0.657. The van der Waals surface area contributed by atoms with Crippen molar-refractivity contribution in [2.24, 2.45) is 0 Å². The first-order valence-electron chi connectivity index (χ1n) is 7.00. The lowest BCUT2D eigenvalue weighted by molar-refractivity contribution is 0.536. The molecule has 0 amide bonds. The fourth-order valence-electron chi connectivity index (χ4n) is 3.42. The van der Waals surface area contributed by atoms with Gasteiger partial charge in [-0.2, -0.15) is 0 Å². The van der Waals surface area contributed by atoms with Crippen molar-refractivity contribution in [1.29, 1.82) is 0 Å². The summed E-state index contributed by atoms with van der Waals surface area (Å²) in [5.41, 5.74) is 6.61. The summed E-state index contributed by atoms with van der Waals surface area (Å²) in [6.07, 6.45) is 2.15. The molecule has 1 N–H and O–H groups in total. The van der Waals surface area contributed by atoms with Gasteiger partial charge in [-0.3, -0.25) is 0 Å². The van der Waals surface area contributed by atoms with Crippen molar-refractivity contribution in [3.8, 4) is 0 Å². The van der Waals surface area contributed by atoms with Crippen molar-refractivity contribution >= 4 is 23.3 Å². The number of fused-ring (bicyclic) bond motifs is 2. The van der Waals surface area contributed by atoms with Gasteiger partial charge in [-0.25, -0.2) is 0 Å². The van der Waals surface area contributed by atoms with E-state index in [1.165, 1.54) is 22.2 Å². The van der Waals surface area contributed by atoms with Crippen molar-refractivity contribution in [3.05, 3.63) is 63.9 Å². The first-order valence-corrected chi connectivity index (χ1v) is 7.41. The number of aromatic amines is 1. The molecule has 0 aliphatic heterocycles. The molecule has 0 saturated heterocycles. The van der Waals surface area contributed by atoms with Gasteiger partial charge < -0.3 is 9.55 Å². The molecule has 4 rings (SSSR count). The van der Waals surface area contributed by atoms with Gasteiger partial charge in [-0.1, -0.05) is 36.4 Å². The largest absolute Gasteiger partial charge is 0.331 e. The molecule has 0 atom stereocenters. The fraction of sp³-hybridized carbons (Fsp3) is 0.235. The fourth-order valence-corrected chi connectivity index (χ4v) is 3.77. The van der Waals surface area contributed by atoms with Crippen LogP contribution in [0.15, 0.2) is 42.5 Å². The van der Waals surface area contributed by atoms with Crippen LogP contribution in [0.1, 0.15) is 22.7 Å². The lowest BCUT2D eigenvalue weighted by Crippen LogP contribution is -2.09. The van der Waals surface area contributed by atoms with Crippen LogP contribution in [0.4, 0.5) is 0 Å². The lowest BCUT2D eigenvalue weighted by Gasteiger charge is -2.14. The zero-order chi connectivity index (χ0) is 13.7. The smallest absolute Gasteiger partial charge is 0.178 e. The van der Waals surface area contributed by atoms with Crippen LogP contribution in [-0.4, -0.2) is 9.55 Å². The van der Waals surface area contributed by atoms with Gasteiger partial charge >= 0.3 is 0 Å². The topological polar surface area (TPSA) is 20.7 Å². The van der Waals surface area contributed by atoms with Gasteiger partial charge in [0.15, 0.2) is 4.77 Å². The Bertz CT molecular complexity index is 832. The number of nitrogens with one attached hydrogen (secondary N) is 1. The van der Waals surface area contributed by atoms with Gasteiger partial charge in [0.05, 0.1) is 11.0 Å². The number of hydrogen-bond acceptors (Lipinski definition) is 1. The highest BCUT2D eigenvalue weighted by molar-refractivity contribution is 7.71. The second kappa shape index (κ2) is 4.32. The normalized spacial score (nSPS) is 14.8.